The highest BCUT2D eigenvalue weighted by Crippen LogP contribution is 2.17. The molecule has 0 aromatic heterocycles. The van der Waals surface area contributed by atoms with Gasteiger partial charge in [0.15, 0.2) is 0 Å². The fraction of sp³-hybridized carbons (Fsp3) is 1.00. The van der Waals surface area contributed by atoms with Gasteiger partial charge in [-0.3, -0.25) is 0 Å². The Kier molecular flexibility index (Phi) is 7.56. The van der Waals surface area contributed by atoms with Crippen molar-refractivity contribution in [2.24, 2.45) is 0 Å². The summed E-state index contributed by atoms with van der Waals surface area (Å²) >= 11 is 0. The molecule has 0 bridgehead atoms. The minimum Gasteiger partial charge on any atom is -0.314 e. The Morgan fingerprint density at radius 2 is 1.95 bits per heavy atom. The Morgan fingerprint density at radius 3 is 2.48 bits per heavy atom. The van der Waals surface area contributed by atoms with E-state index in [4.69, 9.17) is 0 Å². The summed E-state index contributed by atoms with van der Waals surface area (Å²) in [5, 5.41) is 3.30. The molecule has 21 heavy (non-hydrogen) atoms. The van der Waals surface area contributed by atoms with Crippen molar-refractivity contribution in [3.63, 3.8) is 0 Å². The predicted molar refractivity (Wildman–Crippen MR) is 87.6 cm³/mol. The van der Waals surface area contributed by atoms with Crippen LogP contribution in [0.2, 0.25) is 0 Å². The molecule has 0 saturated carbocycles. The van der Waals surface area contributed by atoms with Crippen LogP contribution in [0, 0.1) is 0 Å². The molecule has 6 nitrogen and oxygen atoms in total. The van der Waals surface area contributed by atoms with Crippen molar-refractivity contribution in [2.75, 3.05) is 47.3 Å². The average molecular weight is 321 g/mol. The van der Waals surface area contributed by atoms with Gasteiger partial charge in [-0.25, -0.2) is 0 Å². The van der Waals surface area contributed by atoms with Gasteiger partial charge >= 0.3 is 0 Å². The molecule has 0 aromatic rings. The number of hydrogen-bond donors (Lipinski definition) is 1. The van der Waals surface area contributed by atoms with Crippen LogP contribution in [0.1, 0.15) is 33.1 Å². The van der Waals surface area contributed by atoms with E-state index in [1.165, 1.54) is 8.61 Å². The van der Waals surface area contributed by atoms with Crippen LogP contribution in [-0.2, 0) is 10.2 Å². The van der Waals surface area contributed by atoms with Gasteiger partial charge in [0, 0.05) is 39.3 Å². The van der Waals surface area contributed by atoms with Gasteiger partial charge in [0.25, 0.3) is 10.2 Å². The van der Waals surface area contributed by atoms with Crippen LogP contribution in [0.25, 0.3) is 0 Å². The molecule has 1 atom stereocenters. The van der Waals surface area contributed by atoms with E-state index in [0.717, 1.165) is 32.4 Å². The normalized spacial score (nSPS) is 21.0. The summed E-state index contributed by atoms with van der Waals surface area (Å²) in [5.41, 5.74) is 0. The van der Waals surface area contributed by atoms with E-state index in [2.05, 4.69) is 31.1 Å². The van der Waals surface area contributed by atoms with Crippen LogP contribution in [0.3, 0.4) is 0 Å². The van der Waals surface area contributed by atoms with Crippen molar-refractivity contribution in [3.8, 4) is 0 Å². The summed E-state index contributed by atoms with van der Waals surface area (Å²) in [6.45, 7) is 7.21. The van der Waals surface area contributed by atoms with E-state index >= 15 is 0 Å². The Balaban J connectivity index is 2.42. The zero-order chi connectivity index (χ0) is 16.0. The van der Waals surface area contributed by atoms with Crippen molar-refractivity contribution in [1.82, 2.24) is 18.8 Å². The molecule has 1 aliphatic heterocycles. The molecule has 0 radical (unpaired) electrons. The van der Waals surface area contributed by atoms with E-state index in [1.54, 1.807) is 14.1 Å². The first kappa shape index (κ1) is 18.8. The Labute approximate surface area is 130 Å². The maximum atomic E-state index is 12.5. The maximum Gasteiger partial charge on any atom is 0.281 e. The average Bonchev–Trinajstić information content (AvgIpc) is 2.79. The molecule has 0 aromatic carbocycles. The lowest BCUT2D eigenvalue weighted by Gasteiger charge is -2.28. The molecule has 0 aliphatic carbocycles. The predicted octanol–water partition coefficient (Wildman–Crippen LogP) is 0.577. The summed E-state index contributed by atoms with van der Waals surface area (Å²) in [5.74, 6) is 0. The molecular weight excluding hydrogens is 288 g/mol. The Morgan fingerprint density at radius 1 is 1.29 bits per heavy atom. The zero-order valence-corrected chi connectivity index (χ0v) is 15.0. The van der Waals surface area contributed by atoms with Gasteiger partial charge in [-0.1, -0.05) is 13.8 Å². The lowest BCUT2D eigenvalue weighted by molar-refractivity contribution is 0.263. The number of likely N-dealkylation sites (N-methyl/N-ethyl adjacent to an activating group) is 2. The SMILES string of the molecule is CC(C)NCCCN(C)S(=O)(=O)N(C)CC1CCCN1C. The minimum absolute atomic E-state index is 0.348. The van der Waals surface area contributed by atoms with Crippen LogP contribution in [0.4, 0.5) is 0 Å². The first-order chi connectivity index (χ1) is 9.75. The smallest absolute Gasteiger partial charge is 0.281 e. The highest BCUT2D eigenvalue weighted by atomic mass is 32.2. The number of rotatable bonds is 9. The summed E-state index contributed by atoms with van der Waals surface area (Å²) < 4.78 is 27.9. The molecular formula is C14H32N4O2S. The topological polar surface area (TPSA) is 55.9 Å². The number of hydrogen-bond acceptors (Lipinski definition) is 4. The standard InChI is InChI=1S/C14H32N4O2S/c1-13(2)15-9-7-11-17(4)21(19,20)18(5)12-14-8-6-10-16(14)3/h13-15H,6-12H2,1-5H3. The van der Waals surface area contributed by atoms with Gasteiger partial charge in [0.1, 0.15) is 0 Å². The molecule has 1 heterocycles. The molecule has 1 rings (SSSR count). The van der Waals surface area contributed by atoms with Crippen molar-refractivity contribution in [2.45, 2.75) is 45.2 Å². The molecule has 1 saturated heterocycles. The monoisotopic (exact) mass is 320 g/mol. The fourth-order valence-corrected chi connectivity index (χ4v) is 3.84. The number of likely N-dealkylation sites (tertiary alicyclic amines) is 1. The van der Waals surface area contributed by atoms with E-state index < -0.39 is 10.2 Å². The highest BCUT2D eigenvalue weighted by Gasteiger charge is 2.29. The first-order valence-corrected chi connectivity index (χ1v) is 9.26. The van der Waals surface area contributed by atoms with Gasteiger partial charge in [0.05, 0.1) is 0 Å². The number of nitrogens with zero attached hydrogens (tertiary/aromatic N) is 3. The molecule has 0 spiro atoms. The minimum atomic E-state index is -3.34. The molecule has 1 fully saturated rings. The summed E-state index contributed by atoms with van der Waals surface area (Å²) in [4.78, 5) is 2.25. The second-order valence-electron chi connectivity index (χ2n) is 6.35. The van der Waals surface area contributed by atoms with Gasteiger partial charge in [-0.2, -0.15) is 17.0 Å². The van der Waals surface area contributed by atoms with Gasteiger partial charge in [-0.05, 0) is 39.4 Å². The third kappa shape index (κ3) is 5.83. The van der Waals surface area contributed by atoms with Crippen LogP contribution in [0.5, 0.6) is 0 Å². The summed E-state index contributed by atoms with van der Waals surface area (Å²) in [6, 6.07) is 0.785. The Bertz CT molecular complexity index is 400. The lowest BCUT2D eigenvalue weighted by atomic mass is 10.2. The fourth-order valence-electron chi connectivity index (χ4n) is 2.65. The van der Waals surface area contributed by atoms with E-state index in [0.29, 0.717) is 25.2 Å². The van der Waals surface area contributed by atoms with E-state index in [-0.39, 0.29) is 0 Å². The Hall–Kier alpha value is -0.210. The van der Waals surface area contributed by atoms with Crippen molar-refractivity contribution < 1.29 is 8.42 Å². The molecule has 126 valence electrons. The third-order valence-electron chi connectivity index (χ3n) is 4.13. The lowest BCUT2D eigenvalue weighted by Crippen LogP contribution is -2.45. The maximum absolute atomic E-state index is 12.5. The van der Waals surface area contributed by atoms with Crippen LogP contribution < -0.4 is 5.32 Å². The first-order valence-electron chi connectivity index (χ1n) is 7.86. The summed E-state index contributed by atoms with van der Waals surface area (Å²) in [7, 11) is 2.08. The molecule has 0 amide bonds. The largest absolute Gasteiger partial charge is 0.314 e. The third-order valence-corrected chi connectivity index (χ3v) is 6.04. The van der Waals surface area contributed by atoms with Crippen molar-refractivity contribution in [1.29, 1.82) is 0 Å². The van der Waals surface area contributed by atoms with Crippen molar-refractivity contribution in [3.05, 3.63) is 0 Å². The zero-order valence-electron chi connectivity index (χ0n) is 14.2. The molecule has 1 aliphatic rings. The van der Waals surface area contributed by atoms with Gasteiger partial charge in [0.2, 0.25) is 0 Å². The molecule has 1 unspecified atom stereocenters. The van der Waals surface area contributed by atoms with Crippen LogP contribution >= 0.6 is 0 Å². The van der Waals surface area contributed by atoms with Gasteiger partial charge in [-0.15, -0.1) is 0 Å². The highest BCUT2D eigenvalue weighted by molar-refractivity contribution is 7.86. The van der Waals surface area contributed by atoms with Crippen LogP contribution in [0.15, 0.2) is 0 Å². The number of nitrogens with one attached hydrogen (secondary N) is 1. The molecule has 7 heteroatoms. The van der Waals surface area contributed by atoms with Crippen molar-refractivity contribution >= 4 is 10.2 Å². The quantitative estimate of drug-likeness (QED) is 0.631. The second-order valence-corrected chi connectivity index (χ2v) is 8.49. The molecule has 1 N–H and O–H groups in total. The van der Waals surface area contributed by atoms with Crippen LogP contribution in [-0.4, -0.2) is 81.3 Å². The second kappa shape index (κ2) is 8.43. The van der Waals surface area contributed by atoms with E-state index in [9.17, 15) is 8.42 Å². The van der Waals surface area contributed by atoms with E-state index in [1.807, 2.05) is 0 Å². The van der Waals surface area contributed by atoms with Gasteiger partial charge < -0.3 is 10.2 Å². The summed E-state index contributed by atoms with van der Waals surface area (Å²) in [6.07, 6.45) is 3.06.